The minimum absolute atomic E-state index is 0.0676. The number of amides is 4. The van der Waals surface area contributed by atoms with Crippen molar-refractivity contribution in [3.05, 3.63) is 24.3 Å². The van der Waals surface area contributed by atoms with Crippen molar-refractivity contribution in [2.75, 3.05) is 52.4 Å². The molecule has 0 aliphatic heterocycles. The second-order valence-corrected chi connectivity index (χ2v) is 20.2. The van der Waals surface area contributed by atoms with Crippen LogP contribution >= 0.6 is 0 Å². The lowest BCUT2D eigenvalue weighted by Crippen LogP contribution is -2.46. The highest BCUT2D eigenvalue weighted by molar-refractivity contribution is 5.82. The Kier molecular flexibility index (Phi) is 50.4. The van der Waals surface area contributed by atoms with E-state index in [0.717, 1.165) is 77.0 Å². The van der Waals surface area contributed by atoms with E-state index >= 15 is 0 Å². The molecule has 0 unspecified atom stereocenters. The third kappa shape index (κ3) is 43.9. The number of allylic oxidation sites excluding steroid dienone is 4. The van der Waals surface area contributed by atoms with Gasteiger partial charge >= 0.3 is 0 Å². The van der Waals surface area contributed by atoms with Crippen molar-refractivity contribution in [3.8, 4) is 0 Å². The van der Waals surface area contributed by atoms with Crippen LogP contribution < -0.4 is 33.6 Å². The second kappa shape index (κ2) is 52.5. The Balaban J connectivity index is 4.74. The van der Waals surface area contributed by atoms with Gasteiger partial charge < -0.3 is 43.4 Å². The van der Waals surface area contributed by atoms with Crippen LogP contribution in [0.2, 0.25) is 0 Å². The lowest BCUT2D eigenvalue weighted by atomic mass is 10.1. The molecule has 0 rings (SSSR count). The topological polar surface area (TPSA) is 203 Å². The van der Waals surface area contributed by atoms with E-state index in [-0.39, 0.29) is 23.6 Å². The first-order chi connectivity index (χ1) is 34.2. The quantitative estimate of drug-likeness (QED) is 0.0255. The third-order valence-electron chi connectivity index (χ3n) is 13.5. The van der Waals surface area contributed by atoms with E-state index in [1.54, 1.807) is 0 Å². The molecule has 410 valence electrons. The molecule has 0 aliphatic rings. The summed E-state index contributed by atoms with van der Waals surface area (Å²) in [5, 5.41) is 6.12. The smallest absolute Gasteiger partial charge is 0.239 e. The molecule has 0 heterocycles. The summed E-state index contributed by atoms with van der Waals surface area (Å²) < 4.78 is 0. The Bertz CT molecular complexity index is 1170. The predicted molar refractivity (Wildman–Crippen MR) is 298 cm³/mol. The molecule has 0 spiro atoms. The van der Waals surface area contributed by atoms with E-state index in [1.807, 2.05) is 9.80 Å². The Morgan fingerprint density at radius 2 is 0.686 bits per heavy atom. The minimum Gasteiger partial charge on any atom is -0.356 e. The van der Waals surface area contributed by atoms with Crippen LogP contribution in [0.25, 0.3) is 0 Å². The van der Waals surface area contributed by atoms with Crippen LogP contribution in [0.5, 0.6) is 0 Å². The average molecular weight is 988 g/mol. The van der Waals surface area contributed by atoms with Gasteiger partial charge in [0.2, 0.25) is 23.6 Å². The minimum atomic E-state index is -0.598. The van der Waals surface area contributed by atoms with E-state index in [0.29, 0.717) is 104 Å². The number of rotatable bonds is 53. The molecule has 0 aromatic heterocycles. The fourth-order valence-corrected chi connectivity index (χ4v) is 8.89. The summed E-state index contributed by atoms with van der Waals surface area (Å²) in [4.78, 5) is 56.1. The largest absolute Gasteiger partial charge is 0.356 e. The Labute approximate surface area is 431 Å². The Morgan fingerprint density at radius 1 is 0.386 bits per heavy atom. The van der Waals surface area contributed by atoms with Crippen molar-refractivity contribution in [1.82, 2.24) is 20.4 Å². The molecule has 0 aromatic carbocycles. The highest BCUT2D eigenvalue weighted by Crippen LogP contribution is 2.13. The standard InChI is InChI=1S/C58H114N8O4/c1-3-5-7-9-11-13-15-17-19-21-23-25-27-29-31-43-55(67)63-47-39-51-65(57(69)53(61)41-33-35-45-59)49-37-38-50-66(58(70)54(62)42-34-36-46-60)52-40-48-64-56(68)44-32-30-28-26-24-22-20-18-16-14-12-10-8-6-4-2/h17-20,53-54H,3-16,21-52,59-62H2,1-2H3,(H,63,67)(H,64,68)/t53-,54-/m0/s1. The molecule has 0 aliphatic carbocycles. The van der Waals surface area contributed by atoms with Gasteiger partial charge in [-0.3, -0.25) is 19.2 Å². The van der Waals surface area contributed by atoms with Crippen molar-refractivity contribution in [3.63, 3.8) is 0 Å². The summed E-state index contributed by atoms with van der Waals surface area (Å²) in [5.74, 6) is -0.0241. The SMILES string of the molecule is CCCCCCCCC=CCCCCCCCC(=O)NCCCN(CCCCN(CCCNC(=O)CCCCCCCC=CCCCCCCCC)C(=O)[C@@H](N)CCCCN)C(=O)[C@@H](N)CCCCN. The van der Waals surface area contributed by atoms with Crippen LogP contribution in [0.4, 0.5) is 0 Å². The first kappa shape index (κ1) is 67.2. The fourth-order valence-electron chi connectivity index (χ4n) is 8.89. The number of unbranched alkanes of at least 4 members (excludes halogenated alkanes) is 25. The van der Waals surface area contributed by atoms with Crippen molar-refractivity contribution in [2.45, 2.75) is 270 Å². The molecule has 0 radical (unpaired) electrons. The summed E-state index contributed by atoms with van der Waals surface area (Å²) in [5.41, 5.74) is 24.2. The van der Waals surface area contributed by atoms with E-state index in [1.165, 1.54) is 116 Å². The second-order valence-electron chi connectivity index (χ2n) is 20.2. The molecule has 12 nitrogen and oxygen atoms in total. The highest BCUT2D eigenvalue weighted by atomic mass is 16.2. The third-order valence-corrected chi connectivity index (χ3v) is 13.5. The van der Waals surface area contributed by atoms with E-state index < -0.39 is 12.1 Å². The molecule has 12 heteroatoms. The first-order valence-electron chi connectivity index (χ1n) is 29.5. The number of carbonyl (C=O) groups is 4. The Hall–Kier alpha value is -2.80. The van der Waals surface area contributed by atoms with Crippen molar-refractivity contribution >= 4 is 23.6 Å². The molecule has 70 heavy (non-hydrogen) atoms. The molecule has 4 amide bonds. The number of carbonyl (C=O) groups excluding carboxylic acids is 4. The zero-order valence-corrected chi connectivity index (χ0v) is 45.8. The molecule has 10 N–H and O–H groups in total. The molecular weight excluding hydrogens is 873 g/mol. The zero-order chi connectivity index (χ0) is 51.4. The predicted octanol–water partition coefficient (Wildman–Crippen LogP) is 11.4. The van der Waals surface area contributed by atoms with E-state index in [4.69, 9.17) is 22.9 Å². The molecule has 0 saturated heterocycles. The van der Waals surface area contributed by atoms with Crippen LogP contribution in [0, 0.1) is 0 Å². The van der Waals surface area contributed by atoms with Gasteiger partial charge in [0.15, 0.2) is 0 Å². The number of hydrogen-bond acceptors (Lipinski definition) is 8. The van der Waals surface area contributed by atoms with Gasteiger partial charge in [0.25, 0.3) is 0 Å². The molecule has 0 aromatic rings. The normalized spacial score (nSPS) is 12.5. The fraction of sp³-hybridized carbons (Fsp3) is 0.862. The van der Waals surface area contributed by atoms with Crippen molar-refractivity contribution < 1.29 is 19.2 Å². The summed E-state index contributed by atoms with van der Waals surface area (Å²) in [6, 6.07) is -1.20. The van der Waals surface area contributed by atoms with Gasteiger partial charge in [0, 0.05) is 52.1 Å². The number of nitrogens with two attached hydrogens (primary N) is 4. The van der Waals surface area contributed by atoms with Gasteiger partial charge in [0.05, 0.1) is 12.1 Å². The van der Waals surface area contributed by atoms with Gasteiger partial charge in [-0.1, -0.05) is 154 Å². The van der Waals surface area contributed by atoms with Crippen LogP contribution in [0.3, 0.4) is 0 Å². The van der Waals surface area contributed by atoms with E-state index in [9.17, 15) is 19.2 Å². The lowest BCUT2D eigenvalue weighted by molar-refractivity contribution is -0.134. The zero-order valence-electron chi connectivity index (χ0n) is 45.8. The molecular formula is C58H114N8O4. The summed E-state index contributed by atoms with van der Waals surface area (Å²) in [7, 11) is 0. The molecule has 0 bridgehead atoms. The maximum atomic E-state index is 13.6. The number of nitrogens with zero attached hydrogens (tertiary/aromatic N) is 2. The molecule has 2 atom stereocenters. The first-order valence-corrected chi connectivity index (χ1v) is 29.5. The monoisotopic (exact) mass is 987 g/mol. The van der Waals surface area contributed by atoms with E-state index in [2.05, 4.69) is 48.8 Å². The van der Waals surface area contributed by atoms with Gasteiger partial charge in [-0.15, -0.1) is 0 Å². The Morgan fingerprint density at radius 3 is 1.01 bits per heavy atom. The van der Waals surface area contributed by atoms with Gasteiger partial charge in [0.1, 0.15) is 0 Å². The highest BCUT2D eigenvalue weighted by Gasteiger charge is 2.23. The van der Waals surface area contributed by atoms with Gasteiger partial charge in [-0.25, -0.2) is 0 Å². The van der Waals surface area contributed by atoms with Crippen LogP contribution in [-0.4, -0.2) is 97.9 Å². The van der Waals surface area contributed by atoms with Crippen LogP contribution in [0.15, 0.2) is 24.3 Å². The number of nitrogens with one attached hydrogen (secondary N) is 2. The van der Waals surface area contributed by atoms with Crippen LogP contribution in [-0.2, 0) is 19.2 Å². The van der Waals surface area contributed by atoms with Crippen molar-refractivity contribution in [1.29, 1.82) is 0 Å². The average Bonchev–Trinajstić information content (AvgIpc) is 3.35. The summed E-state index contributed by atoms with van der Waals surface area (Å²) in [6.45, 7) is 8.71. The molecule has 0 saturated carbocycles. The van der Waals surface area contributed by atoms with Crippen molar-refractivity contribution in [2.24, 2.45) is 22.9 Å². The maximum Gasteiger partial charge on any atom is 0.239 e. The number of hydrogen-bond donors (Lipinski definition) is 6. The maximum absolute atomic E-state index is 13.6. The lowest BCUT2D eigenvalue weighted by Gasteiger charge is -2.28. The van der Waals surface area contributed by atoms with Gasteiger partial charge in [-0.2, -0.15) is 0 Å². The van der Waals surface area contributed by atoms with Gasteiger partial charge in [-0.05, 0) is 129 Å². The van der Waals surface area contributed by atoms with Crippen LogP contribution in [0.1, 0.15) is 258 Å². The molecule has 0 fully saturated rings. The summed E-state index contributed by atoms with van der Waals surface area (Å²) >= 11 is 0. The summed E-state index contributed by atoms with van der Waals surface area (Å²) in [6.07, 6.45) is 49.5.